The van der Waals surface area contributed by atoms with Crippen LogP contribution < -0.4 is 5.32 Å². The molecule has 6 nitrogen and oxygen atoms in total. The highest BCUT2D eigenvalue weighted by atomic mass is 35.5. The third-order valence-corrected chi connectivity index (χ3v) is 5.68. The molecule has 0 spiro atoms. The van der Waals surface area contributed by atoms with Crippen molar-refractivity contribution in [2.45, 2.75) is 38.4 Å². The third kappa shape index (κ3) is 4.31. The molecule has 1 aliphatic heterocycles. The van der Waals surface area contributed by atoms with Crippen molar-refractivity contribution in [2.24, 2.45) is 0 Å². The molecule has 0 bridgehead atoms. The van der Waals surface area contributed by atoms with Crippen molar-refractivity contribution in [3.05, 3.63) is 65.1 Å². The average molecular weight is 429 g/mol. The van der Waals surface area contributed by atoms with E-state index < -0.39 is 6.04 Å². The zero-order valence-electron chi connectivity index (χ0n) is 16.4. The number of hydrogen-bond donors (Lipinski definition) is 1. The van der Waals surface area contributed by atoms with Gasteiger partial charge in [0.25, 0.3) is 0 Å². The number of rotatable bonds is 7. The van der Waals surface area contributed by atoms with Gasteiger partial charge >= 0.3 is 0 Å². The lowest BCUT2D eigenvalue weighted by Gasteiger charge is -2.24. The number of likely N-dealkylation sites (tertiary alicyclic amines) is 1. The molecule has 3 aromatic rings. The van der Waals surface area contributed by atoms with Crippen LogP contribution in [-0.2, 0) is 22.7 Å². The van der Waals surface area contributed by atoms with Gasteiger partial charge in [-0.2, -0.15) is 5.10 Å². The Morgan fingerprint density at radius 2 is 2.10 bits per heavy atom. The maximum Gasteiger partial charge on any atom is 0.242 e. The number of aryl methyl sites for hydroxylation is 1. The lowest BCUT2D eigenvalue weighted by molar-refractivity contribution is -0.135. The first kappa shape index (κ1) is 20.3. The molecule has 1 N–H and O–H groups in total. The molecule has 1 fully saturated rings. The number of aromatic nitrogens is 2. The molecule has 0 aliphatic carbocycles. The maximum absolute atomic E-state index is 13.4. The number of carbonyl (C=O) groups excluding carboxylic acids is 2. The van der Waals surface area contributed by atoms with Gasteiger partial charge in [-0.15, -0.1) is 0 Å². The van der Waals surface area contributed by atoms with Gasteiger partial charge in [0.05, 0.1) is 16.7 Å². The third-order valence-electron chi connectivity index (χ3n) is 5.35. The predicted molar refractivity (Wildman–Crippen MR) is 112 cm³/mol. The molecule has 0 saturated carbocycles. The van der Waals surface area contributed by atoms with E-state index in [1.54, 1.807) is 18.3 Å². The van der Waals surface area contributed by atoms with Crippen LogP contribution in [0.5, 0.6) is 0 Å². The van der Waals surface area contributed by atoms with Crippen LogP contribution in [0.15, 0.2) is 48.7 Å². The van der Waals surface area contributed by atoms with E-state index in [0.29, 0.717) is 42.9 Å². The number of hydrogen-bond acceptors (Lipinski definition) is 3. The summed E-state index contributed by atoms with van der Waals surface area (Å²) in [7, 11) is 0. The molecule has 1 unspecified atom stereocenters. The Bertz CT molecular complexity index is 1080. The fourth-order valence-electron chi connectivity index (χ4n) is 3.84. The van der Waals surface area contributed by atoms with E-state index in [-0.39, 0.29) is 24.2 Å². The number of carbonyl (C=O) groups is 2. The summed E-state index contributed by atoms with van der Waals surface area (Å²) < 4.78 is 15.3. The zero-order chi connectivity index (χ0) is 21.1. The second-order valence-electron chi connectivity index (χ2n) is 7.39. The van der Waals surface area contributed by atoms with E-state index in [0.717, 1.165) is 10.9 Å². The Hall–Kier alpha value is -2.93. The number of nitrogens with zero attached hydrogens (tertiary/aromatic N) is 3. The Balaban J connectivity index is 1.31. The Kier molecular flexibility index (Phi) is 5.99. The van der Waals surface area contributed by atoms with Gasteiger partial charge in [0, 0.05) is 31.4 Å². The van der Waals surface area contributed by atoms with Gasteiger partial charge in [-0.1, -0.05) is 29.8 Å². The van der Waals surface area contributed by atoms with Crippen LogP contribution >= 0.6 is 11.6 Å². The average Bonchev–Trinajstić information content (AvgIpc) is 3.30. The Morgan fingerprint density at radius 3 is 2.93 bits per heavy atom. The first-order valence-electron chi connectivity index (χ1n) is 9.94. The summed E-state index contributed by atoms with van der Waals surface area (Å²) in [4.78, 5) is 26.4. The molecule has 1 aliphatic rings. The molecule has 1 atom stereocenters. The summed E-state index contributed by atoms with van der Waals surface area (Å²) in [5.41, 5.74) is 1.63. The van der Waals surface area contributed by atoms with Crippen molar-refractivity contribution < 1.29 is 14.0 Å². The quantitative estimate of drug-likeness (QED) is 0.585. The summed E-state index contributed by atoms with van der Waals surface area (Å²) in [5, 5.41) is 8.85. The summed E-state index contributed by atoms with van der Waals surface area (Å²) in [6.07, 6.45) is 3.24. The number of halogens is 2. The smallest absolute Gasteiger partial charge is 0.242 e. The van der Waals surface area contributed by atoms with Gasteiger partial charge in [0.2, 0.25) is 11.8 Å². The minimum Gasteiger partial charge on any atom is -0.354 e. The summed E-state index contributed by atoms with van der Waals surface area (Å²) in [6, 6.07) is 11.3. The number of benzene rings is 2. The molecule has 30 heavy (non-hydrogen) atoms. The standard InChI is InChI=1S/C22H22ClFN4O2/c23-18-6-2-7-19-17(18)13-26-28(19)11-3-10-25-22(30)20-8-9-21(29)27(20)14-15-4-1-5-16(24)12-15/h1-2,4-7,12-13,20H,3,8-11,14H2,(H,25,30). The van der Waals surface area contributed by atoms with Crippen molar-refractivity contribution in [3.8, 4) is 0 Å². The lowest BCUT2D eigenvalue weighted by atomic mass is 10.1. The summed E-state index contributed by atoms with van der Waals surface area (Å²) in [5.74, 6) is -0.613. The van der Waals surface area contributed by atoms with E-state index in [4.69, 9.17) is 11.6 Å². The van der Waals surface area contributed by atoms with E-state index in [2.05, 4.69) is 10.4 Å². The molecule has 1 aromatic heterocycles. The number of amides is 2. The van der Waals surface area contributed by atoms with Crippen molar-refractivity contribution in [1.29, 1.82) is 0 Å². The van der Waals surface area contributed by atoms with Crippen LogP contribution in [-0.4, -0.2) is 39.1 Å². The molecular formula is C22H22ClFN4O2. The summed E-state index contributed by atoms with van der Waals surface area (Å²) in [6.45, 7) is 1.34. The van der Waals surface area contributed by atoms with Crippen molar-refractivity contribution >= 4 is 34.3 Å². The van der Waals surface area contributed by atoms with Gasteiger partial charge in [0.15, 0.2) is 0 Å². The zero-order valence-corrected chi connectivity index (χ0v) is 17.1. The lowest BCUT2D eigenvalue weighted by Crippen LogP contribution is -2.44. The second kappa shape index (κ2) is 8.83. The molecule has 2 aromatic carbocycles. The Morgan fingerprint density at radius 1 is 1.27 bits per heavy atom. The van der Waals surface area contributed by atoms with Crippen molar-refractivity contribution in [2.75, 3.05) is 6.54 Å². The van der Waals surface area contributed by atoms with E-state index in [1.807, 2.05) is 22.9 Å². The molecular weight excluding hydrogens is 407 g/mol. The minimum atomic E-state index is -0.523. The highest BCUT2D eigenvalue weighted by Crippen LogP contribution is 2.23. The van der Waals surface area contributed by atoms with Crippen LogP contribution in [0.25, 0.3) is 10.9 Å². The first-order chi connectivity index (χ1) is 14.5. The normalized spacial score (nSPS) is 16.4. The fraction of sp³-hybridized carbons (Fsp3) is 0.318. The van der Waals surface area contributed by atoms with Crippen LogP contribution in [0.1, 0.15) is 24.8 Å². The van der Waals surface area contributed by atoms with Gasteiger partial charge in [-0.3, -0.25) is 14.3 Å². The monoisotopic (exact) mass is 428 g/mol. The minimum absolute atomic E-state index is 0.0840. The highest BCUT2D eigenvalue weighted by Gasteiger charge is 2.35. The largest absolute Gasteiger partial charge is 0.354 e. The second-order valence-corrected chi connectivity index (χ2v) is 7.80. The van der Waals surface area contributed by atoms with Crippen LogP contribution in [0.2, 0.25) is 5.02 Å². The number of fused-ring (bicyclic) bond motifs is 1. The fourth-order valence-corrected chi connectivity index (χ4v) is 4.06. The topological polar surface area (TPSA) is 67.2 Å². The highest BCUT2D eigenvalue weighted by molar-refractivity contribution is 6.35. The summed E-state index contributed by atoms with van der Waals surface area (Å²) >= 11 is 6.17. The SMILES string of the molecule is O=C(NCCCn1ncc2c(Cl)cccc21)C1CCC(=O)N1Cc1cccc(F)c1. The first-order valence-corrected chi connectivity index (χ1v) is 10.3. The molecule has 2 heterocycles. The maximum atomic E-state index is 13.4. The molecule has 8 heteroatoms. The van der Waals surface area contributed by atoms with E-state index in [9.17, 15) is 14.0 Å². The van der Waals surface area contributed by atoms with Gasteiger partial charge in [0.1, 0.15) is 11.9 Å². The van der Waals surface area contributed by atoms with E-state index >= 15 is 0 Å². The van der Waals surface area contributed by atoms with Gasteiger partial charge in [-0.05, 0) is 42.7 Å². The van der Waals surface area contributed by atoms with Crippen molar-refractivity contribution in [3.63, 3.8) is 0 Å². The molecule has 4 rings (SSSR count). The number of nitrogens with one attached hydrogen (secondary N) is 1. The van der Waals surface area contributed by atoms with Crippen LogP contribution in [0.4, 0.5) is 4.39 Å². The van der Waals surface area contributed by atoms with Gasteiger partial charge < -0.3 is 10.2 Å². The molecule has 156 valence electrons. The van der Waals surface area contributed by atoms with Gasteiger partial charge in [-0.25, -0.2) is 4.39 Å². The van der Waals surface area contributed by atoms with Crippen LogP contribution in [0.3, 0.4) is 0 Å². The molecule has 1 saturated heterocycles. The molecule has 0 radical (unpaired) electrons. The molecule has 2 amide bonds. The van der Waals surface area contributed by atoms with E-state index in [1.165, 1.54) is 17.0 Å². The van der Waals surface area contributed by atoms with Crippen LogP contribution in [0, 0.1) is 5.82 Å². The Labute approximate surface area is 178 Å². The predicted octanol–water partition coefficient (Wildman–Crippen LogP) is 3.53. The van der Waals surface area contributed by atoms with Crippen molar-refractivity contribution in [1.82, 2.24) is 20.0 Å².